The second-order valence-electron chi connectivity index (χ2n) is 5.18. The normalized spacial score (nSPS) is 11.0. The summed E-state index contributed by atoms with van der Waals surface area (Å²) in [5.74, 6) is 0.889. The minimum atomic E-state index is 0.549. The Labute approximate surface area is 129 Å². The first-order valence-corrected chi connectivity index (χ1v) is 7.52. The smallest absolute Gasteiger partial charge is 0.119 e. The molecule has 2 aromatic carbocycles. The second kappa shape index (κ2) is 5.82. The lowest BCUT2D eigenvalue weighted by atomic mass is 10.2. The van der Waals surface area contributed by atoms with Crippen molar-refractivity contribution in [3.05, 3.63) is 64.8 Å². The van der Waals surface area contributed by atoms with E-state index in [1.54, 1.807) is 0 Å². The Balaban J connectivity index is 1.90. The molecule has 3 heteroatoms. The third kappa shape index (κ3) is 2.77. The highest BCUT2D eigenvalue weighted by Crippen LogP contribution is 2.29. The van der Waals surface area contributed by atoms with E-state index in [1.165, 1.54) is 5.56 Å². The zero-order valence-electron chi connectivity index (χ0n) is 12.3. The van der Waals surface area contributed by atoms with Gasteiger partial charge in [-0.25, -0.2) is 0 Å². The minimum Gasteiger partial charge on any atom is -0.489 e. The van der Waals surface area contributed by atoms with Crippen LogP contribution in [0.1, 0.15) is 18.1 Å². The minimum absolute atomic E-state index is 0.549. The topological polar surface area (TPSA) is 14.2 Å². The lowest BCUT2D eigenvalue weighted by Gasteiger charge is -2.05. The molecule has 21 heavy (non-hydrogen) atoms. The maximum atomic E-state index is 6.33. The number of benzene rings is 2. The maximum absolute atomic E-state index is 6.33. The number of para-hydroxylation sites is 1. The molecule has 0 amide bonds. The quantitative estimate of drug-likeness (QED) is 0.645. The fourth-order valence-corrected chi connectivity index (χ4v) is 2.83. The summed E-state index contributed by atoms with van der Waals surface area (Å²) in [5, 5.41) is 1.95. The molecule has 0 aliphatic heterocycles. The summed E-state index contributed by atoms with van der Waals surface area (Å²) in [4.78, 5) is 0. The molecule has 0 spiro atoms. The number of aryl methyl sites for hydroxylation is 2. The third-order valence-electron chi connectivity index (χ3n) is 3.69. The average Bonchev–Trinajstić information content (AvgIpc) is 2.86. The number of halogens is 1. The molecule has 1 aromatic heterocycles. The molecular weight excluding hydrogens is 282 g/mol. The number of ether oxygens (including phenoxy) is 1. The summed E-state index contributed by atoms with van der Waals surface area (Å²) in [6.07, 6.45) is 2.13. The monoisotopic (exact) mass is 299 g/mol. The Hall–Kier alpha value is -1.93. The molecule has 0 atom stereocenters. The van der Waals surface area contributed by atoms with E-state index >= 15 is 0 Å². The maximum Gasteiger partial charge on any atom is 0.119 e. The zero-order chi connectivity index (χ0) is 14.8. The van der Waals surface area contributed by atoms with Crippen LogP contribution in [-0.2, 0) is 13.2 Å². The first-order chi connectivity index (χ1) is 10.2. The van der Waals surface area contributed by atoms with Crippen LogP contribution in [-0.4, -0.2) is 4.57 Å². The summed E-state index contributed by atoms with van der Waals surface area (Å²) in [5.41, 5.74) is 3.48. The van der Waals surface area contributed by atoms with E-state index in [4.69, 9.17) is 16.3 Å². The number of fused-ring (bicyclic) bond motifs is 1. The van der Waals surface area contributed by atoms with E-state index in [1.807, 2.05) is 24.3 Å². The average molecular weight is 300 g/mol. The molecule has 0 N–H and O–H groups in total. The van der Waals surface area contributed by atoms with Crippen LogP contribution < -0.4 is 4.74 Å². The van der Waals surface area contributed by atoms with Crippen molar-refractivity contribution in [3.8, 4) is 5.75 Å². The SMILES string of the molecule is CCn1cc(COc2ccc(C)cc2)c2cccc(Cl)c21. The van der Waals surface area contributed by atoms with Crippen molar-refractivity contribution in [3.63, 3.8) is 0 Å². The Kier molecular flexibility index (Phi) is 3.89. The van der Waals surface area contributed by atoms with Gasteiger partial charge in [0.1, 0.15) is 12.4 Å². The number of rotatable bonds is 4. The van der Waals surface area contributed by atoms with Gasteiger partial charge in [-0.3, -0.25) is 0 Å². The first-order valence-electron chi connectivity index (χ1n) is 7.14. The van der Waals surface area contributed by atoms with Gasteiger partial charge < -0.3 is 9.30 Å². The number of nitrogens with zero attached hydrogens (tertiary/aromatic N) is 1. The van der Waals surface area contributed by atoms with Crippen molar-refractivity contribution in [1.82, 2.24) is 4.57 Å². The lowest BCUT2D eigenvalue weighted by Crippen LogP contribution is -1.95. The van der Waals surface area contributed by atoms with Gasteiger partial charge in [-0.15, -0.1) is 0 Å². The van der Waals surface area contributed by atoms with E-state index in [-0.39, 0.29) is 0 Å². The molecule has 108 valence electrons. The van der Waals surface area contributed by atoms with Crippen molar-refractivity contribution in [2.45, 2.75) is 27.0 Å². The Bertz CT molecular complexity index is 759. The molecule has 0 fully saturated rings. The summed E-state index contributed by atoms with van der Waals surface area (Å²) >= 11 is 6.33. The van der Waals surface area contributed by atoms with Crippen LogP contribution in [0.2, 0.25) is 5.02 Å². The van der Waals surface area contributed by atoms with E-state index in [0.29, 0.717) is 6.61 Å². The predicted molar refractivity (Wildman–Crippen MR) is 88.1 cm³/mol. The van der Waals surface area contributed by atoms with Crippen LogP contribution in [0.15, 0.2) is 48.7 Å². The Morgan fingerprint density at radius 1 is 1.10 bits per heavy atom. The molecule has 0 radical (unpaired) electrons. The van der Waals surface area contributed by atoms with Crippen LogP contribution in [0.3, 0.4) is 0 Å². The van der Waals surface area contributed by atoms with Gasteiger partial charge in [0.25, 0.3) is 0 Å². The van der Waals surface area contributed by atoms with Gasteiger partial charge in [0.15, 0.2) is 0 Å². The van der Waals surface area contributed by atoms with Gasteiger partial charge in [0.2, 0.25) is 0 Å². The van der Waals surface area contributed by atoms with Crippen molar-refractivity contribution in [2.75, 3.05) is 0 Å². The van der Waals surface area contributed by atoms with Gasteiger partial charge in [-0.2, -0.15) is 0 Å². The summed E-state index contributed by atoms with van der Waals surface area (Å²) in [7, 11) is 0. The Morgan fingerprint density at radius 2 is 1.86 bits per heavy atom. The number of hydrogen-bond acceptors (Lipinski definition) is 1. The molecule has 0 saturated heterocycles. The molecule has 2 nitrogen and oxygen atoms in total. The molecule has 3 rings (SSSR count). The predicted octanol–water partition coefficient (Wildman–Crippen LogP) is 5.20. The Morgan fingerprint density at radius 3 is 2.57 bits per heavy atom. The van der Waals surface area contributed by atoms with Gasteiger partial charge in [-0.1, -0.05) is 41.4 Å². The van der Waals surface area contributed by atoms with E-state index < -0.39 is 0 Å². The number of aromatic nitrogens is 1. The van der Waals surface area contributed by atoms with Gasteiger partial charge in [0.05, 0.1) is 10.5 Å². The fourth-order valence-electron chi connectivity index (χ4n) is 2.55. The van der Waals surface area contributed by atoms with Gasteiger partial charge in [-0.05, 0) is 32.0 Å². The van der Waals surface area contributed by atoms with Gasteiger partial charge >= 0.3 is 0 Å². The van der Waals surface area contributed by atoms with Crippen LogP contribution in [0.4, 0.5) is 0 Å². The van der Waals surface area contributed by atoms with Crippen molar-refractivity contribution >= 4 is 22.5 Å². The molecule has 0 unspecified atom stereocenters. The highest BCUT2D eigenvalue weighted by molar-refractivity contribution is 6.35. The molecule has 0 aliphatic rings. The first kappa shape index (κ1) is 14.0. The van der Waals surface area contributed by atoms with Crippen LogP contribution in [0.5, 0.6) is 5.75 Å². The molecule has 0 aliphatic carbocycles. The van der Waals surface area contributed by atoms with Crippen molar-refractivity contribution < 1.29 is 4.74 Å². The van der Waals surface area contributed by atoms with E-state index in [2.05, 4.69) is 42.8 Å². The summed E-state index contributed by atoms with van der Waals surface area (Å²) < 4.78 is 8.07. The summed E-state index contributed by atoms with van der Waals surface area (Å²) in [6.45, 7) is 5.63. The molecule has 3 aromatic rings. The summed E-state index contributed by atoms with van der Waals surface area (Å²) in [6, 6.07) is 14.1. The standard InChI is InChI=1S/C18H18ClNO/c1-3-20-11-14(16-5-4-6-17(19)18(16)20)12-21-15-9-7-13(2)8-10-15/h4-11H,3,12H2,1-2H3. The molecule has 1 heterocycles. The fraction of sp³-hybridized carbons (Fsp3) is 0.222. The largest absolute Gasteiger partial charge is 0.489 e. The van der Waals surface area contributed by atoms with Crippen molar-refractivity contribution in [2.24, 2.45) is 0 Å². The molecule has 0 saturated carbocycles. The molecule has 0 bridgehead atoms. The van der Waals surface area contributed by atoms with E-state index in [0.717, 1.165) is 33.8 Å². The lowest BCUT2D eigenvalue weighted by molar-refractivity contribution is 0.307. The highest BCUT2D eigenvalue weighted by Gasteiger charge is 2.10. The number of hydrogen-bond donors (Lipinski definition) is 0. The van der Waals surface area contributed by atoms with Crippen molar-refractivity contribution in [1.29, 1.82) is 0 Å². The van der Waals surface area contributed by atoms with Crippen LogP contribution in [0.25, 0.3) is 10.9 Å². The van der Waals surface area contributed by atoms with E-state index in [9.17, 15) is 0 Å². The third-order valence-corrected chi connectivity index (χ3v) is 3.99. The van der Waals surface area contributed by atoms with Crippen LogP contribution in [0, 0.1) is 6.92 Å². The second-order valence-corrected chi connectivity index (χ2v) is 5.59. The molecular formula is C18H18ClNO. The van der Waals surface area contributed by atoms with Crippen LogP contribution >= 0.6 is 11.6 Å². The van der Waals surface area contributed by atoms with Gasteiger partial charge in [0, 0.05) is 23.7 Å². The highest BCUT2D eigenvalue weighted by atomic mass is 35.5. The zero-order valence-corrected chi connectivity index (χ0v) is 13.0.